The number of para-hydroxylation sites is 1. The number of amidine groups is 1. The van der Waals surface area contributed by atoms with Gasteiger partial charge in [-0.15, -0.1) is 0 Å². The predicted octanol–water partition coefficient (Wildman–Crippen LogP) is 1.93. The summed E-state index contributed by atoms with van der Waals surface area (Å²) in [5.41, 5.74) is 1.25. The molecule has 0 unspecified atom stereocenters. The summed E-state index contributed by atoms with van der Waals surface area (Å²) in [7, 11) is 0. The van der Waals surface area contributed by atoms with Crippen molar-refractivity contribution in [1.29, 1.82) is 0 Å². The van der Waals surface area contributed by atoms with Gasteiger partial charge in [-0.05, 0) is 19.1 Å². The van der Waals surface area contributed by atoms with E-state index in [-0.39, 0.29) is 0 Å². The smallest absolute Gasteiger partial charge is 0.100 e. The SMILES string of the molecule is CC1=NCCN1c1ccccc1. The summed E-state index contributed by atoms with van der Waals surface area (Å²) in [6, 6.07) is 10.4. The average molecular weight is 160 g/mol. The molecule has 0 spiro atoms. The van der Waals surface area contributed by atoms with E-state index in [2.05, 4.69) is 41.1 Å². The fourth-order valence-corrected chi connectivity index (χ4v) is 1.48. The van der Waals surface area contributed by atoms with Gasteiger partial charge in [-0.3, -0.25) is 4.99 Å². The van der Waals surface area contributed by atoms with E-state index < -0.39 is 0 Å². The fraction of sp³-hybridized carbons (Fsp3) is 0.300. The molecule has 1 heterocycles. The van der Waals surface area contributed by atoms with Crippen LogP contribution in [0.25, 0.3) is 0 Å². The van der Waals surface area contributed by atoms with Crippen molar-refractivity contribution in [2.75, 3.05) is 18.0 Å². The van der Waals surface area contributed by atoms with Crippen LogP contribution in [0.15, 0.2) is 35.3 Å². The van der Waals surface area contributed by atoms with Crippen molar-refractivity contribution in [3.8, 4) is 0 Å². The second-order valence-corrected chi connectivity index (χ2v) is 2.92. The van der Waals surface area contributed by atoms with Crippen LogP contribution < -0.4 is 4.90 Å². The van der Waals surface area contributed by atoms with Crippen molar-refractivity contribution in [2.24, 2.45) is 4.99 Å². The third kappa shape index (κ3) is 1.20. The third-order valence-corrected chi connectivity index (χ3v) is 2.12. The van der Waals surface area contributed by atoms with Crippen LogP contribution in [0.4, 0.5) is 5.69 Å². The first kappa shape index (κ1) is 7.35. The van der Waals surface area contributed by atoms with E-state index in [0.29, 0.717) is 0 Å². The van der Waals surface area contributed by atoms with Gasteiger partial charge in [-0.2, -0.15) is 0 Å². The van der Waals surface area contributed by atoms with Crippen LogP contribution in [0.2, 0.25) is 0 Å². The van der Waals surface area contributed by atoms with Gasteiger partial charge in [-0.25, -0.2) is 0 Å². The zero-order valence-electron chi connectivity index (χ0n) is 7.20. The molecule has 0 N–H and O–H groups in total. The summed E-state index contributed by atoms with van der Waals surface area (Å²) in [5.74, 6) is 1.13. The van der Waals surface area contributed by atoms with Crippen molar-refractivity contribution in [3.63, 3.8) is 0 Å². The van der Waals surface area contributed by atoms with Crippen molar-refractivity contribution >= 4 is 11.5 Å². The number of nitrogens with zero attached hydrogens (tertiary/aromatic N) is 2. The highest BCUT2D eigenvalue weighted by Crippen LogP contribution is 2.16. The maximum Gasteiger partial charge on any atom is 0.100 e. The van der Waals surface area contributed by atoms with Gasteiger partial charge < -0.3 is 4.90 Å². The highest BCUT2D eigenvalue weighted by Gasteiger charge is 2.12. The summed E-state index contributed by atoms with van der Waals surface area (Å²) in [5, 5.41) is 0. The number of benzene rings is 1. The Balaban J connectivity index is 2.27. The molecule has 0 amide bonds. The fourth-order valence-electron chi connectivity index (χ4n) is 1.48. The Labute approximate surface area is 72.5 Å². The van der Waals surface area contributed by atoms with Gasteiger partial charge in [0.25, 0.3) is 0 Å². The molecule has 0 saturated carbocycles. The molecule has 0 aliphatic carbocycles. The number of rotatable bonds is 1. The van der Waals surface area contributed by atoms with Gasteiger partial charge in [0.1, 0.15) is 5.84 Å². The molecule has 2 rings (SSSR count). The first-order valence-electron chi connectivity index (χ1n) is 4.21. The molecule has 0 fully saturated rings. The lowest BCUT2D eigenvalue weighted by molar-refractivity contribution is 1.02. The third-order valence-electron chi connectivity index (χ3n) is 2.12. The molecule has 12 heavy (non-hydrogen) atoms. The van der Waals surface area contributed by atoms with Crippen molar-refractivity contribution in [1.82, 2.24) is 0 Å². The van der Waals surface area contributed by atoms with Crippen molar-refractivity contribution in [2.45, 2.75) is 6.92 Å². The van der Waals surface area contributed by atoms with E-state index in [1.807, 2.05) is 6.07 Å². The predicted molar refractivity (Wildman–Crippen MR) is 51.8 cm³/mol. The maximum absolute atomic E-state index is 4.34. The molecule has 62 valence electrons. The Kier molecular flexibility index (Phi) is 1.82. The quantitative estimate of drug-likeness (QED) is 0.613. The van der Waals surface area contributed by atoms with Crippen LogP contribution in [-0.2, 0) is 0 Å². The molecule has 2 heteroatoms. The van der Waals surface area contributed by atoms with Gasteiger partial charge in [0.2, 0.25) is 0 Å². The summed E-state index contributed by atoms with van der Waals surface area (Å²) in [6.45, 7) is 4.01. The van der Waals surface area contributed by atoms with Crippen LogP contribution in [0.1, 0.15) is 6.92 Å². The molecule has 2 nitrogen and oxygen atoms in total. The molecule has 1 aliphatic heterocycles. The molecule has 0 saturated heterocycles. The summed E-state index contributed by atoms with van der Waals surface area (Å²) in [4.78, 5) is 6.57. The second kappa shape index (κ2) is 2.97. The van der Waals surface area contributed by atoms with Gasteiger partial charge in [0.05, 0.1) is 6.54 Å². The van der Waals surface area contributed by atoms with E-state index in [4.69, 9.17) is 0 Å². The zero-order chi connectivity index (χ0) is 8.39. The minimum Gasteiger partial charge on any atom is -0.329 e. The number of hydrogen-bond donors (Lipinski definition) is 0. The summed E-state index contributed by atoms with van der Waals surface area (Å²) >= 11 is 0. The summed E-state index contributed by atoms with van der Waals surface area (Å²) < 4.78 is 0. The van der Waals surface area contributed by atoms with Gasteiger partial charge >= 0.3 is 0 Å². The first-order valence-corrected chi connectivity index (χ1v) is 4.21. The Morgan fingerprint density at radius 3 is 2.58 bits per heavy atom. The van der Waals surface area contributed by atoms with E-state index in [9.17, 15) is 0 Å². The molecule has 1 aromatic rings. The van der Waals surface area contributed by atoms with Crippen molar-refractivity contribution in [3.05, 3.63) is 30.3 Å². The second-order valence-electron chi connectivity index (χ2n) is 2.92. The largest absolute Gasteiger partial charge is 0.329 e. The summed E-state index contributed by atoms with van der Waals surface area (Å²) in [6.07, 6.45) is 0. The van der Waals surface area contributed by atoms with Crippen LogP contribution >= 0.6 is 0 Å². The molecule has 0 bridgehead atoms. The first-order chi connectivity index (χ1) is 5.88. The van der Waals surface area contributed by atoms with E-state index >= 15 is 0 Å². The topological polar surface area (TPSA) is 15.6 Å². The molecular weight excluding hydrogens is 148 g/mol. The van der Waals surface area contributed by atoms with Gasteiger partial charge in [0.15, 0.2) is 0 Å². The molecule has 0 aromatic heterocycles. The Bertz CT molecular complexity index is 290. The minimum absolute atomic E-state index is 0.931. The molecule has 1 aromatic carbocycles. The van der Waals surface area contributed by atoms with E-state index in [0.717, 1.165) is 18.9 Å². The normalized spacial score (nSPS) is 16.4. The van der Waals surface area contributed by atoms with Crippen LogP contribution in [0.5, 0.6) is 0 Å². The minimum atomic E-state index is 0.931. The van der Waals surface area contributed by atoms with Gasteiger partial charge in [-0.1, -0.05) is 18.2 Å². The standard InChI is InChI=1S/C10H12N2/c1-9-11-7-8-12(9)10-5-3-2-4-6-10/h2-6H,7-8H2,1H3. The van der Waals surface area contributed by atoms with Crippen LogP contribution in [0.3, 0.4) is 0 Å². The lowest BCUT2D eigenvalue weighted by Gasteiger charge is -2.17. The number of hydrogen-bond acceptors (Lipinski definition) is 2. The Morgan fingerprint density at radius 1 is 1.25 bits per heavy atom. The molecule has 0 atom stereocenters. The van der Waals surface area contributed by atoms with E-state index in [1.165, 1.54) is 5.69 Å². The number of anilines is 1. The van der Waals surface area contributed by atoms with Gasteiger partial charge in [0, 0.05) is 12.2 Å². The van der Waals surface area contributed by atoms with Crippen LogP contribution in [0, 0.1) is 0 Å². The Hall–Kier alpha value is -1.31. The maximum atomic E-state index is 4.34. The Morgan fingerprint density at radius 2 is 2.00 bits per heavy atom. The van der Waals surface area contributed by atoms with E-state index in [1.54, 1.807) is 0 Å². The monoisotopic (exact) mass is 160 g/mol. The van der Waals surface area contributed by atoms with Crippen molar-refractivity contribution < 1.29 is 0 Å². The molecule has 1 aliphatic rings. The highest BCUT2D eigenvalue weighted by molar-refractivity contribution is 5.97. The van der Waals surface area contributed by atoms with Crippen LogP contribution in [-0.4, -0.2) is 18.9 Å². The lowest BCUT2D eigenvalue weighted by atomic mass is 10.3. The molecule has 0 radical (unpaired) electrons. The highest BCUT2D eigenvalue weighted by atomic mass is 15.2. The lowest BCUT2D eigenvalue weighted by Crippen LogP contribution is -2.24. The zero-order valence-corrected chi connectivity index (χ0v) is 7.20. The average Bonchev–Trinajstić information content (AvgIpc) is 2.53. The number of aliphatic imine (C=N–C) groups is 1. The molecular formula is C10H12N2.